The second-order valence-corrected chi connectivity index (χ2v) is 8.82. The highest BCUT2D eigenvalue weighted by Crippen LogP contribution is 2.35. The molecule has 0 fully saturated rings. The first-order valence-electron chi connectivity index (χ1n) is 12.4. The van der Waals surface area contributed by atoms with Gasteiger partial charge in [0.05, 0.1) is 26.5 Å². The summed E-state index contributed by atoms with van der Waals surface area (Å²) in [4.78, 5) is 26.9. The number of nitrogens with zero attached hydrogens (tertiary/aromatic N) is 1. The molecule has 1 N–H and O–H groups in total. The molecule has 1 aliphatic heterocycles. The van der Waals surface area contributed by atoms with Crippen molar-refractivity contribution in [2.75, 3.05) is 44.2 Å². The highest BCUT2D eigenvalue weighted by atomic mass is 16.5. The van der Waals surface area contributed by atoms with Crippen molar-refractivity contribution in [1.82, 2.24) is 0 Å². The highest BCUT2D eigenvalue weighted by molar-refractivity contribution is 6.03. The average molecular weight is 517 g/mol. The van der Waals surface area contributed by atoms with Gasteiger partial charge in [0.25, 0.3) is 5.91 Å². The van der Waals surface area contributed by atoms with Crippen LogP contribution in [-0.2, 0) is 9.59 Å². The lowest BCUT2D eigenvalue weighted by Gasteiger charge is -2.30. The van der Waals surface area contributed by atoms with Crippen molar-refractivity contribution in [2.24, 2.45) is 0 Å². The molecule has 198 valence electrons. The van der Waals surface area contributed by atoms with Crippen LogP contribution in [0, 0.1) is 6.92 Å². The zero-order chi connectivity index (χ0) is 26.9. The number of rotatable bonds is 11. The zero-order valence-corrected chi connectivity index (χ0v) is 21.9. The SMILES string of the molecule is COc1ccc(/C=C/C(=O)Nc2ccc3c(c2)N(CCCCOc2ccc(C)cc2)C(=O)CO3)cc1OC. The number of nitrogens with one attached hydrogen (secondary N) is 1. The van der Waals surface area contributed by atoms with Crippen molar-refractivity contribution in [1.29, 1.82) is 0 Å². The molecular weight excluding hydrogens is 484 g/mol. The van der Waals surface area contributed by atoms with Crippen LogP contribution in [0.4, 0.5) is 11.4 Å². The van der Waals surface area contributed by atoms with E-state index in [0.29, 0.717) is 41.8 Å². The Bertz CT molecular complexity index is 1300. The van der Waals surface area contributed by atoms with Crippen LogP contribution < -0.4 is 29.2 Å². The number of aryl methyl sites for hydroxylation is 1. The minimum Gasteiger partial charge on any atom is -0.494 e. The minimum absolute atomic E-state index is 0.00731. The third-order valence-electron chi connectivity index (χ3n) is 6.07. The number of benzene rings is 3. The Kier molecular flexibility index (Phi) is 8.87. The van der Waals surface area contributed by atoms with Crippen LogP contribution in [0.1, 0.15) is 24.0 Å². The fraction of sp³-hybridized carbons (Fsp3) is 0.267. The van der Waals surface area contributed by atoms with Crippen LogP contribution in [0.5, 0.6) is 23.0 Å². The van der Waals surface area contributed by atoms with E-state index in [9.17, 15) is 9.59 Å². The molecule has 8 nitrogen and oxygen atoms in total. The standard InChI is InChI=1S/C30H32N2O6/c1-21-6-11-24(12-7-21)37-17-5-4-16-32-25-19-23(10-14-26(25)38-20-30(32)34)31-29(33)15-9-22-8-13-27(35-2)28(18-22)36-3/h6-15,18-19H,4-5,16-17,20H2,1-3H3,(H,31,33)/b15-9+. The van der Waals surface area contributed by atoms with Gasteiger partial charge < -0.3 is 29.2 Å². The van der Waals surface area contributed by atoms with Crippen molar-refractivity contribution < 1.29 is 28.5 Å². The Hall–Kier alpha value is -4.46. The molecule has 1 heterocycles. The van der Waals surface area contributed by atoms with Gasteiger partial charge in [0.15, 0.2) is 18.1 Å². The molecule has 0 atom stereocenters. The zero-order valence-electron chi connectivity index (χ0n) is 21.9. The first kappa shape index (κ1) is 26.6. The maximum absolute atomic E-state index is 12.6. The Morgan fingerprint density at radius 1 is 1.00 bits per heavy atom. The van der Waals surface area contributed by atoms with Gasteiger partial charge in [-0.05, 0) is 73.9 Å². The second-order valence-electron chi connectivity index (χ2n) is 8.82. The monoisotopic (exact) mass is 516 g/mol. The molecule has 8 heteroatoms. The Balaban J connectivity index is 1.34. The van der Waals surface area contributed by atoms with Crippen molar-refractivity contribution in [3.05, 3.63) is 77.9 Å². The van der Waals surface area contributed by atoms with Gasteiger partial charge >= 0.3 is 0 Å². The maximum Gasteiger partial charge on any atom is 0.265 e. The van der Waals surface area contributed by atoms with Crippen LogP contribution in [-0.4, -0.2) is 45.8 Å². The molecule has 0 saturated heterocycles. The van der Waals surface area contributed by atoms with Gasteiger partial charge in [-0.1, -0.05) is 23.8 Å². The first-order chi connectivity index (χ1) is 18.5. The Morgan fingerprint density at radius 3 is 2.55 bits per heavy atom. The largest absolute Gasteiger partial charge is 0.494 e. The number of unbranched alkanes of at least 4 members (excludes halogenated alkanes) is 1. The summed E-state index contributed by atoms with van der Waals surface area (Å²) >= 11 is 0. The molecular formula is C30H32N2O6. The number of ether oxygens (including phenoxy) is 4. The first-order valence-corrected chi connectivity index (χ1v) is 12.4. The Labute approximate surface area is 222 Å². The lowest BCUT2D eigenvalue weighted by Crippen LogP contribution is -2.39. The molecule has 2 amide bonds. The molecule has 3 aromatic rings. The normalized spacial score (nSPS) is 12.6. The number of carbonyl (C=O) groups is 2. The topological polar surface area (TPSA) is 86.3 Å². The predicted octanol–water partition coefficient (Wildman–Crippen LogP) is 5.25. The van der Waals surface area contributed by atoms with Crippen LogP contribution >= 0.6 is 0 Å². The number of amides is 2. The van der Waals surface area contributed by atoms with Gasteiger partial charge in [0.2, 0.25) is 5.91 Å². The number of hydrogen-bond acceptors (Lipinski definition) is 6. The predicted molar refractivity (Wildman–Crippen MR) is 147 cm³/mol. The van der Waals surface area contributed by atoms with Crippen molar-refractivity contribution in [3.8, 4) is 23.0 Å². The smallest absolute Gasteiger partial charge is 0.265 e. The van der Waals surface area contributed by atoms with Gasteiger partial charge in [-0.25, -0.2) is 0 Å². The van der Waals surface area contributed by atoms with Gasteiger partial charge in [-0.15, -0.1) is 0 Å². The van der Waals surface area contributed by atoms with E-state index in [1.807, 2.05) is 37.3 Å². The fourth-order valence-corrected chi connectivity index (χ4v) is 4.03. The van der Waals surface area contributed by atoms with E-state index in [-0.39, 0.29) is 18.4 Å². The molecule has 0 aliphatic carbocycles. The number of carbonyl (C=O) groups excluding carboxylic acids is 2. The second kappa shape index (κ2) is 12.7. The molecule has 38 heavy (non-hydrogen) atoms. The average Bonchev–Trinajstić information content (AvgIpc) is 2.93. The lowest BCUT2D eigenvalue weighted by atomic mass is 10.1. The summed E-state index contributed by atoms with van der Waals surface area (Å²) in [5.74, 6) is 2.22. The van der Waals surface area contributed by atoms with Crippen LogP contribution in [0.3, 0.4) is 0 Å². The van der Waals surface area contributed by atoms with Gasteiger partial charge in [0, 0.05) is 18.3 Å². The molecule has 0 radical (unpaired) electrons. The molecule has 3 aromatic carbocycles. The summed E-state index contributed by atoms with van der Waals surface area (Å²) in [5.41, 5.74) is 3.19. The van der Waals surface area contributed by atoms with E-state index in [1.165, 1.54) is 11.6 Å². The van der Waals surface area contributed by atoms with Gasteiger partial charge in [-0.3, -0.25) is 9.59 Å². The third kappa shape index (κ3) is 6.85. The fourth-order valence-electron chi connectivity index (χ4n) is 4.03. The number of methoxy groups -OCH3 is 2. The number of anilines is 2. The maximum atomic E-state index is 12.6. The lowest BCUT2D eigenvalue weighted by molar-refractivity contribution is -0.121. The van der Waals surface area contributed by atoms with Crippen molar-refractivity contribution in [2.45, 2.75) is 19.8 Å². The quantitative estimate of drug-likeness (QED) is 0.277. The van der Waals surface area contributed by atoms with Crippen LogP contribution in [0.2, 0.25) is 0 Å². The highest BCUT2D eigenvalue weighted by Gasteiger charge is 2.25. The molecule has 0 saturated carbocycles. The van der Waals surface area contributed by atoms with Crippen molar-refractivity contribution in [3.63, 3.8) is 0 Å². The van der Waals surface area contributed by atoms with Crippen molar-refractivity contribution >= 4 is 29.3 Å². The Morgan fingerprint density at radius 2 is 1.79 bits per heavy atom. The molecule has 0 bridgehead atoms. The molecule has 0 unspecified atom stereocenters. The molecule has 0 spiro atoms. The third-order valence-corrected chi connectivity index (χ3v) is 6.07. The molecule has 0 aromatic heterocycles. The number of fused-ring (bicyclic) bond motifs is 1. The van der Waals surface area contributed by atoms with Crippen LogP contribution in [0.25, 0.3) is 6.08 Å². The van der Waals surface area contributed by atoms with Crippen LogP contribution in [0.15, 0.2) is 66.7 Å². The summed E-state index contributed by atoms with van der Waals surface area (Å²) in [7, 11) is 3.13. The van der Waals surface area contributed by atoms with E-state index in [2.05, 4.69) is 5.32 Å². The summed E-state index contributed by atoms with van der Waals surface area (Å²) < 4.78 is 21.9. The summed E-state index contributed by atoms with van der Waals surface area (Å²) in [6.07, 6.45) is 4.69. The van der Waals surface area contributed by atoms with E-state index in [0.717, 1.165) is 24.2 Å². The summed E-state index contributed by atoms with van der Waals surface area (Å²) in [6, 6.07) is 18.6. The summed E-state index contributed by atoms with van der Waals surface area (Å²) in [5, 5.41) is 2.85. The molecule has 1 aliphatic rings. The molecule has 4 rings (SSSR count). The number of hydrogen-bond donors (Lipinski definition) is 1. The van der Waals surface area contributed by atoms with E-state index in [1.54, 1.807) is 55.5 Å². The minimum atomic E-state index is -0.303. The van der Waals surface area contributed by atoms with Gasteiger partial charge in [0.1, 0.15) is 11.5 Å². The van der Waals surface area contributed by atoms with E-state index >= 15 is 0 Å². The van der Waals surface area contributed by atoms with E-state index in [4.69, 9.17) is 18.9 Å². The van der Waals surface area contributed by atoms with E-state index < -0.39 is 0 Å². The van der Waals surface area contributed by atoms with Gasteiger partial charge in [-0.2, -0.15) is 0 Å². The summed E-state index contributed by atoms with van der Waals surface area (Å²) in [6.45, 7) is 3.13.